The molecule has 0 spiro atoms. The average Bonchev–Trinajstić information content (AvgIpc) is 3.72. The van der Waals surface area contributed by atoms with Gasteiger partial charge in [0.2, 0.25) is 0 Å². The molecule has 8 bridgehead atoms. The molecule has 5 nitrogen and oxygen atoms in total. The van der Waals surface area contributed by atoms with Crippen LogP contribution in [0.15, 0.2) is 85.2 Å². The van der Waals surface area contributed by atoms with Gasteiger partial charge in [-0.15, -0.1) is 0 Å². The van der Waals surface area contributed by atoms with Crippen molar-refractivity contribution in [2.24, 2.45) is 7.05 Å². The van der Waals surface area contributed by atoms with Crippen LogP contribution in [0.2, 0.25) is 0 Å². The molecule has 7 rings (SSSR count). The number of nitrogens with one attached hydrogen (secondary N) is 2. The highest BCUT2D eigenvalue weighted by Crippen LogP contribution is 2.37. The summed E-state index contributed by atoms with van der Waals surface area (Å²) in [4.78, 5) is 17.7. The molecule has 0 radical (unpaired) electrons. The number of aromatic amines is 2. The largest absolute Gasteiger partial charge is 1.00 e. The maximum atomic E-state index is 5.28. The molecule has 1 aromatic carbocycles. The molecule has 2 N–H and O–H groups in total. The van der Waals surface area contributed by atoms with Gasteiger partial charge < -0.3 is 33.9 Å². The molecule has 0 amide bonds. The van der Waals surface area contributed by atoms with Gasteiger partial charge >= 0.3 is 0 Å². The summed E-state index contributed by atoms with van der Waals surface area (Å²) in [6.45, 7) is 6.68. The monoisotopic (exact) mass is 649 g/mol. The van der Waals surface area contributed by atoms with Crippen LogP contribution in [0.1, 0.15) is 42.2 Å². The molecule has 2 aliphatic heterocycles. The van der Waals surface area contributed by atoms with Crippen LogP contribution in [-0.4, -0.2) is 19.9 Å². The fourth-order valence-electron chi connectivity index (χ4n) is 5.71. The van der Waals surface area contributed by atoms with E-state index in [1.807, 2.05) is 7.05 Å². The van der Waals surface area contributed by atoms with Gasteiger partial charge in [0.25, 0.3) is 0 Å². The van der Waals surface area contributed by atoms with Gasteiger partial charge in [-0.05, 0) is 66.6 Å². The molecule has 41 heavy (non-hydrogen) atoms. The van der Waals surface area contributed by atoms with Crippen molar-refractivity contribution in [3.8, 4) is 22.3 Å². The van der Waals surface area contributed by atoms with Crippen LogP contribution in [-0.2, 0) is 18.9 Å². The van der Waals surface area contributed by atoms with E-state index in [9.17, 15) is 0 Å². The van der Waals surface area contributed by atoms with Crippen LogP contribution in [0.25, 0.3) is 56.5 Å². The predicted octanol–water partition coefficient (Wildman–Crippen LogP) is 4.48. The topological polar surface area (TPSA) is 61.2 Å². The number of hydrogen-bond acceptors (Lipinski definition) is 2. The lowest BCUT2D eigenvalue weighted by atomic mass is 9.85. The van der Waals surface area contributed by atoms with Crippen molar-refractivity contribution < 1.29 is 28.5 Å². The molecule has 6 heterocycles. The summed E-state index contributed by atoms with van der Waals surface area (Å²) in [5.41, 5.74) is 13.8. The highest BCUT2D eigenvalue weighted by molar-refractivity contribution is 5.91. The van der Waals surface area contributed by atoms with Gasteiger partial charge in [-0.2, -0.15) is 0 Å². The average molecular weight is 650 g/mol. The number of fused-ring (bicyclic) bond motifs is 8. The van der Waals surface area contributed by atoms with E-state index < -0.39 is 0 Å². The predicted molar refractivity (Wildman–Crippen MR) is 163 cm³/mol. The zero-order valence-electron chi connectivity index (χ0n) is 23.7. The summed E-state index contributed by atoms with van der Waals surface area (Å²) < 4.78 is 2.06. The fraction of sp³-hybridized carbons (Fsp3) is 0.171. The van der Waals surface area contributed by atoms with Gasteiger partial charge in [0, 0.05) is 62.9 Å². The smallest absolute Gasteiger partial charge is 0.169 e. The van der Waals surface area contributed by atoms with Crippen molar-refractivity contribution >= 4 is 34.2 Å². The number of nitrogens with zero attached hydrogens (tertiary/aromatic N) is 3. The van der Waals surface area contributed by atoms with Crippen molar-refractivity contribution in [2.75, 3.05) is 0 Å². The van der Waals surface area contributed by atoms with Crippen LogP contribution >= 0.6 is 0 Å². The molecule has 6 heteroatoms. The fourth-order valence-corrected chi connectivity index (χ4v) is 5.71. The van der Waals surface area contributed by atoms with Crippen LogP contribution in [0, 0.1) is 6.92 Å². The lowest BCUT2D eigenvalue weighted by Gasteiger charge is -2.16. The first kappa shape index (κ1) is 27.1. The van der Waals surface area contributed by atoms with Crippen molar-refractivity contribution in [1.29, 1.82) is 0 Å². The van der Waals surface area contributed by atoms with Gasteiger partial charge in [0.05, 0.1) is 17.1 Å². The van der Waals surface area contributed by atoms with Crippen LogP contribution in [0.5, 0.6) is 0 Å². The lowest BCUT2D eigenvalue weighted by molar-refractivity contribution is -0.671. The Morgan fingerprint density at radius 2 is 1.37 bits per heavy atom. The standard InChI is InChI=1S/C35H31N5.HI/c1-22-5-7-23(8-6-22)33-28-12-9-25(36-28)19-26-10-13-30(37-26)34(24-15-17-40(4)18-16-24)31-21-35(2,3)32(39-31)20-27-11-14-29(33)38-27;/h5-20H,21H2,1-4H3,(H,36,37,38);1H. The van der Waals surface area contributed by atoms with Crippen molar-refractivity contribution in [3.05, 3.63) is 114 Å². The van der Waals surface area contributed by atoms with Gasteiger partial charge in [0.1, 0.15) is 7.05 Å². The zero-order valence-corrected chi connectivity index (χ0v) is 25.8. The number of pyridine rings is 1. The molecule has 0 unspecified atom stereocenters. The second-order valence-corrected chi connectivity index (χ2v) is 11.6. The number of H-pyrrole nitrogens is 2. The molecule has 0 atom stereocenters. The van der Waals surface area contributed by atoms with E-state index >= 15 is 0 Å². The SMILES string of the molecule is Cc1ccc(-c2c3nc(cc4ccc([nH]4)c(-c4cc[n+](C)cc4)c4nc(cc5ccc2[nH]5)C(C)(C)C4)C=C3)cc1.[I-]. The van der Waals surface area contributed by atoms with Crippen molar-refractivity contribution in [3.63, 3.8) is 0 Å². The Bertz CT molecular complexity index is 1960. The minimum Gasteiger partial charge on any atom is -1.00 e. The molecular weight excluding hydrogens is 617 g/mol. The molecule has 0 aliphatic carbocycles. The Hall–Kier alpha value is -4.04. The van der Waals surface area contributed by atoms with Gasteiger partial charge in [-0.1, -0.05) is 43.7 Å². The van der Waals surface area contributed by atoms with Crippen LogP contribution < -0.4 is 28.5 Å². The first-order chi connectivity index (χ1) is 19.3. The van der Waals surface area contributed by atoms with E-state index in [-0.39, 0.29) is 29.4 Å². The van der Waals surface area contributed by atoms with E-state index in [1.54, 1.807) is 0 Å². The summed E-state index contributed by atoms with van der Waals surface area (Å²) in [5, 5.41) is 0. The Kier molecular flexibility index (Phi) is 6.90. The summed E-state index contributed by atoms with van der Waals surface area (Å²) >= 11 is 0. The number of aryl methyl sites for hydroxylation is 2. The summed E-state index contributed by atoms with van der Waals surface area (Å²) in [6.07, 6.45) is 9.23. The molecule has 0 saturated carbocycles. The van der Waals surface area contributed by atoms with Gasteiger partial charge in [-0.3, -0.25) is 4.98 Å². The first-order valence-electron chi connectivity index (χ1n) is 13.8. The number of rotatable bonds is 2. The number of halogens is 1. The van der Waals surface area contributed by atoms with Crippen molar-refractivity contribution in [2.45, 2.75) is 32.6 Å². The molecule has 5 aromatic rings. The third kappa shape index (κ3) is 5.12. The molecule has 4 aromatic heterocycles. The second-order valence-electron chi connectivity index (χ2n) is 11.6. The highest BCUT2D eigenvalue weighted by atomic mass is 127. The van der Waals surface area contributed by atoms with Crippen LogP contribution in [0.3, 0.4) is 0 Å². The number of aromatic nitrogens is 5. The number of benzene rings is 1. The maximum absolute atomic E-state index is 5.28. The van der Waals surface area contributed by atoms with E-state index in [0.29, 0.717) is 0 Å². The molecule has 0 fully saturated rings. The highest BCUT2D eigenvalue weighted by Gasteiger charge is 2.30. The zero-order chi connectivity index (χ0) is 27.4. The maximum Gasteiger partial charge on any atom is 0.169 e. The molecule has 204 valence electrons. The number of hydrogen-bond donors (Lipinski definition) is 2. The molecule has 0 saturated heterocycles. The minimum absolute atomic E-state index is 0. The van der Waals surface area contributed by atoms with E-state index in [4.69, 9.17) is 9.97 Å². The normalized spacial score (nSPS) is 13.7. The minimum atomic E-state index is -0.105. The first-order valence-corrected chi connectivity index (χ1v) is 13.8. The Labute approximate surface area is 257 Å². The van der Waals surface area contributed by atoms with E-state index in [1.165, 1.54) is 5.56 Å². The van der Waals surface area contributed by atoms with Crippen molar-refractivity contribution in [1.82, 2.24) is 19.9 Å². The van der Waals surface area contributed by atoms with Gasteiger partial charge in [0.15, 0.2) is 12.4 Å². The third-order valence-corrected chi connectivity index (χ3v) is 7.92. The van der Waals surface area contributed by atoms with Crippen LogP contribution in [0.4, 0.5) is 0 Å². The molecule has 2 aliphatic rings. The quantitative estimate of drug-likeness (QED) is 0.215. The third-order valence-electron chi connectivity index (χ3n) is 7.92. The summed E-state index contributed by atoms with van der Waals surface area (Å²) in [5.74, 6) is 0. The molecular formula is C35H32IN5. The summed E-state index contributed by atoms with van der Waals surface area (Å²) in [6, 6.07) is 25.9. The summed E-state index contributed by atoms with van der Waals surface area (Å²) in [7, 11) is 2.04. The lowest BCUT2D eigenvalue weighted by Crippen LogP contribution is -3.00. The second kappa shape index (κ2) is 10.4. The van der Waals surface area contributed by atoms with Gasteiger partial charge in [-0.25, -0.2) is 9.55 Å². The Morgan fingerprint density at radius 3 is 2.07 bits per heavy atom. The Balaban J connectivity index is 0.00000302. The van der Waals surface area contributed by atoms with E-state index in [0.717, 1.165) is 73.5 Å². The Morgan fingerprint density at radius 1 is 0.732 bits per heavy atom. The van der Waals surface area contributed by atoms with E-state index in [2.05, 4.69) is 133 Å².